The summed E-state index contributed by atoms with van der Waals surface area (Å²) in [5, 5.41) is 0. The van der Waals surface area contributed by atoms with Crippen molar-refractivity contribution in [3.05, 3.63) is 34.3 Å². The van der Waals surface area contributed by atoms with Gasteiger partial charge in [-0.25, -0.2) is 0 Å². The standard InChI is InChI=1S/C12H17BrClN/c1-12(2,9-14)15(3)8-10-4-6-11(13)7-5-10/h4-7H,8-9H2,1-3H3. The number of rotatable bonds is 4. The SMILES string of the molecule is CN(Cc1ccc(Br)cc1)C(C)(C)CCl. The van der Waals surface area contributed by atoms with Gasteiger partial charge in [-0.15, -0.1) is 11.6 Å². The molecule has 0 atom stereocenters. The van der Waals surface area contributed by atoms with Gasteiger partial charge in [0, 0.05) is 22.4 Å². The van der Waals surface area contributed by atoms with Gasteiger partial charge in [0.05, 0.1) is 0 Å². The topological polar surface area (TPSA) is 3.24 Å². The Bertz CT molecular complexity index is 308. The van der Waals surface area contributed by atoms with E-state index in [0.717, 1.165) is 11.0 Å². The Morgan fingerprint density at radius 1 is 1.27 bits per heavy atom. The Kier molecular flexibility index (Phi) is 4.63. The van der Waals surface area contributed by atoms with E-state index in [1.807, 2.05) is 0 Å². The predicted molar refractivity (Wildman–Crippen MR) is 70.4 cm³/mol. The molecular weight excluding hydrogens is 273 g/mol. The third kappa shape index (κ3) is 3.78. The van der Waals surface area contributed by atoms with Crippen LogP contribution in [0.5, 0.6) is 0 Å². The average Bonchev–Trinajstić information content (AvgIpc) is 2.21. The number of alkyl halides is 1. The van der Waals surface area contributed by atoms with Crippen molar-refractivity contribution in [2.24, 2.45) is 0 Å². The van der Waals surface area contributed by atoms with E-state index in [-0.39, 0.29) is 5.54 Å². The van der Waals surface area contributed by atoms with Gasteiger partial charge in [-0.2, -0.15) is 0 Å². The largest absolute Gasteiger partial charge is 0.296 e. The van der Waals surface area contributed by atoms with Crippen LogP contribution in [0.1, 0.15) is 19.4 Å². The highest BCUT2D eigenvalue weighted by atomic mass is 79.9. The fraction of sp³-hybridized carbons (Fsp3) is 0.500. The Morgan fingerprint density at radius 3 is 2.27 bits per heavy atom. The van der Waals surface area contributed by atoms with Crippen molar-refractivity contribution < 1.29 is 0 Å². The van der Waals surface area contributed by atoms with E-state index in [9.17, 15) is 0 Å². The van der Waals surface area contributed by atoms with Crippen molar-refractivity contribution in [2.75, 3.05) is 12.9 Å². The van der Waals surface area contributed by atoms with Crippen molar-refractivity contribution in [3.63, 3.8) is 0 Å². The number of nitrogens with zero attached hydrogens (tertiary/aromatic N) is 1. The first-order valence-corrected chi connectivity index (χ1v) is 6.30. The number of halogens is 2. The lowest BCUT2D eigenvalue weighted by molar-refractivity contribution is 0.171. The third-order valence-corrected chi connectivity index (χ3v) is 3.88. The highest BCUT2D eigenvalue weighted by Gasteiger charge is 2.21. The minimum absolute atomic E-state index is 0.0363. The summed E-state index contributed by atoms with van der Waals surface area (Å²) in [4.78, 5) is 2.27. The molecule has 0 spiro atoms. The van der Waals surface area contributed by atoms with Crippen LogP contribution in [0.15, 0.2) is 28.7 Å². The van der Waals surface area contributed by atoms with Crippen LogP contribution in [-0.2, 0) is 6.54 Å². The molecule has 1 aromatic carbocycles. The molecule has 0 fully saturated rings. The fourth-order valence-corrected chi connectivity index (χ4v) is 1.65. The minimum Gasteiger partial charge on any atom is -0.296 e. The van der Waals surface area contributed by atoms with Gasteiger partial charge in [0.2, 0.25) is 0 Å². The van der Waals surface area contributed by atoms with E-state index in [2.05, 4.69) is 66.0 Å². The first-order chi connectivity index (χ1) is 6.95. The molecule has 1 nitrogen and oxygen atoms in total. The molecular formula is C12H17BrClN. The van der Waals surface area contributed by atoms with Crippen LogP contribution in [0.2, 0.25) is 0 Å². The quantitative estimate of drug-likeness (QED) is 0.760. The molecule has 0 aliphatic heterocycles. The Labute approximate surface area is 106 Å². The summed E-state index contributed by atoms with van der Waals surface area (Å²) in [6.45, 7) is 5.23. The molecule has 0 saturated heterocycles. The molecule has 3 heteroatoms. The summed E-state index contributed by atoms with van der Waals surface area (Å²) in [6.07, 6.45) is 0. The summed E-state index contributed by atoms with van der Waals surface area (Å²) < 4.78 is 1.12. The maximum Gasteiger partial charge on any atom is 0.0402 e. The monoisotopic (exact) mass is 289 g/mol. The van der Waals surface area contributed by atoms with Crippen LogP contribution in [-0.4, -0.2) is 23.4 Å². The zero-order chi connectivity index (χ0) is 11.5. The predicted octanol–water partition coefficient (Wildman–Crippen LogP) is 3.90. The van der Waals surface area contributed by atoms with Crippen LogP contribution >= 0.6 is 27.5 Å². The van der Waals surface area contributed by atoms with Crippen molar-refractivity contribution in [3.8, 4) is 0 Å². The van der Waals surface area contributed by atoms with Gasteiger partial charge < -0.3 is 0 Å². The van der Waals surface area contributed by atoms with Crippen LogP contribution in [0, 0.1) is 0 Å². The molecule has 0 N–H and O–H groups in total. The van der Waals surface area contributed by atoms with Crippen molar-refractivity contribution in [2.45, 2.75) is 25.9 Å². The second-order valence-corrected chi connectivity index (χ2v) is 5.61. The number of hydrogen-bond acceptors (Lipinski definition) is 1. The second kappa shape index (κ2) is 5.33. The maximum atomic E-state index is 5.93. The smallest absolute Gasteiger partial charge is 0.0402 e. The zero-order valence-electron chi connectivity index (χ0n) is 9.43. The molecule has 84 valence electrons. The van der Waals surface area contributed by atoms with Crippen molar-refractivity contribution >= 4 is 27.5 Å². The summed E-state index contributed by atoms with van der Waals surface area (Å²) >= 11 is 9.36. The molecule has 0 bridgehead atoms. The molecule has 0 aliphatic rings. The minimum atomic E-state index is 0.0363. The molecule has 0 heterocycles. The van der Waals surface area contributed by atoms with Gasteiger partial charge in [-0.3, -0.25) is 4.90 Å². The third-order valence-electron chi connectivity index (χ3n) is 2.69. The highest BCUT2D eigenvalue weighted by Crippen LogP contribution is 2.18. The summed E-state index contributed by atoms with van der Waals surface area (Å²) in [5.41, 5.74) is 1.34. The van der Waals surface area contributed by atoms with E-state index in [4.69, 9.17) is 11.6 Å². The van der Waals surface area contributed by atoms with Gasteiger partial charge in [0.25, 0.3) is 0 Å². The van der Waals surface area contributed by atoms with Gasteiger partial charge in [-0.1, -0.05) is 28.1 Å². The molecule has 0 aliphatic carbocycles. The van der Waals surface area contributed by atoms with Gasteiger partial charge in [0.15, 0.2) is 0 Å². The lowest BCUT2D eigenvalue weighted by atomic mass is 10.1. The fourth-order valence-electron chi connectivity index (χ4n) is 1.18. The number of benzene rings is 1. The Hall–Kier alpha value is -0.0500. The zero-order valence-corrected chi connectivity index (χ0v) is 11.8. The maximum absolute atomic E-state index is 5.93. The van der Waals surface area contributed by atoms with Crippen LogP contribution < -0.4 is 0 Å². The first-order valence-electron chi connectivity index (χ1n) is 4.97. The van der Waals surface area contributed by atoms with E-state index in [1.165, 1.54) is 5.56 Å². The lowest BCUT2D eigenvalue weighted by Gasteiger charge is -2.33. The second-order valence-electron chi connectivity index (χ2n) is 4.43. The normalized spacial score (nSPS) is 12.1. The van der Waals surface area contributed by atoms with E-state index < -0.39 is 0 Å². The first kappa shape index (κ1) is 13.0. The molecule has 0 unspecified atom stereocenters. The Balaban J connectivity index is 2.66. The van der Waals surface area contributed by atoms with Gasteiger partial charge in [0.1, 0.15) is 0 Å². The molecule has 0 amide bonds. The highest BCUT2D eigenvalue weighted by molar-refractivity contribution is 9.10. The molecule has 1 aromatic rings. The van der Waals surface area contributed by atoms with Crippen molar-refractivity contribution in [1.29, 1.82) is 0 Å². The summed E-state index contributed by atoms with van der Waals surface area (Å²) in [5.74, 6) is 0.639. The molecule has 0 saturated carbocycles. The number of hydrogen-bond donors (Lipinski definition) is 0. The summed E-state index contributed by atoms with van der Waals surface area (Å²) in [6, 6.07) is 8.39. The average molecular weight is 291 g/mol. The van der Waals surface area contributed by atoms with Crippen LogP contribution in [0.4, 0.5) is 0 Å². The Morgan fingerprint density at radius 2 is 1.80 bits per heavy atom. The van der Waals surface area contributed by atoms with E-state index in [1.54, 1.807) is 0 Å². The summed E-state index contributed by atoms with van der Waals surface area (Å²) in [7, 11) is 2.10. The molecule has 0 radical (unpaired) electrons. The van der Waals surface area contributed by atoms with Crippen LogP contribution in [0.25, 0.3) is 0 Å². The van der Waals surface area contributed by atoms with E-state index >= 15 is 0 Å². The molecule has 15 heavy (non-hydrogen) atoms. The van der Waals surface area contributed by atoms with Crippen LogP contribution in [0.3, 0.4) is 0 Å². The lowest BCUT2D eigenvalue weighted by Crippen LogP contribution is -2.42. The molecule has 0 aromatic heterocycles. The molecule has 1 rings (SSSR count). The van der Waals surface area contributed by atoms with Gasteiger partial charge >= 0.3 is 0 Å². The van der Waals surface area contributed by atoms with Crippen molar-refractivity contribution in [1.82, 2.24) is 4.90 Å². The van der Waals surface area contributed by atoms with Gasteiger partial charge in [-0.05, 0) is 38.6 Å². The van der Waals surface area contributed by atoms with E-state index in [0.29, 0.717) is 5.88 Å².